The minimum Gasteiger partial charge on any atom is -0.388 e. The Morgan fingerprint density at radius 1 is 1.12 bits per heavy atom. The fraction of sp³-hybridized carbons (Fsp3) is 0.231. The molecule has 3 heteroatoms. The summed E-state index contributed by atoms with van der Waals surface area (Å²) in [6.07, 6.45) is 4.42. The van der Waals surface area contributed by atoms with E-state index in [2.05, 4.69) is 9.97 Å². The van der Waals surface area contributed by atoms with Crippen LogP contribution in [0.1, 0.15) is 30.2 Å². The van der Waals surface area contributed by atoms with Crippen molar-refractivity contribution in [3.63, 3.8) is 0 Å². The van der Waals surface area contributed by atoms with Crippen molar-refractivity contribution in [2.24, 2.45) is 0 Å². The summed E-state index contributed by atoms with van der Waals surface area (Å²) < 4.78 is 0. The third-order valence-electron chi connectivity index (χ3n) is 2.66. The predicted octanol–water partition coefficient (Wildman–Crippen LogP) is 2.31. The zero-order valence-corrected chi connectivity index (χ0v) is 9.12. The molecule has 2 unspecified atom stereocenters. The van der Waals surface area contributed by atoms with E-state index in [4.69, 9.17) is 0 Å². The van der Waals surface area contributed by atoms with Crippen molar-refractivity contribution in [2.45, 2.75) is 18.9 Å². The number of aliphatic hydroxyl groups excluding tert-OH is 1. The topological polar surface area (TPSA) is 46.0 Å². The Labute approximate surface area is 94.8 Å². The quantitative estimate of drug-likeness (QED) is 0.852. The van der Waals surface area contributed by atoms with Gasteiger partial charge >= 0.3 is 0 Å². The molecule has 0 fully saturated rings. The van der Waals surface area contributed by atoms with Crippen molar-refractivity contribution >= 4 is 0 Å². The first-order valence-electron chi connectivity index (χ1n) is 5.28. The largest absolute Gasteiger partial charge is 0.388 e. The summed E-state index contributed by atoms with van der Waals surface area (Å²) in [5.74, 6) is -0.0592. The number of benzene rings is 1. The van der Waals surface area contributed by atoms with Crippen molar-refractivity contribution in [3.8, 4) is 0 Å². The van der Waals surface area contributed by atoms with Crippen molar-refractivity contribution in [1.29, 1.82) is 0 Å². The Balaban J connectivity index is 2.20. The van der Waals surface area contributed by atoms with Gasteiger partial charge in [0.1, 0.15) is 0 Å². The molecule has 0 amide bonds. The average molecular weight is 214 g/mol. The van der Waals surface area contributed by atoms with E-state index in [9.17, 15) is 5.11 Å². The van der Waals surface area contributed by atoms with Crippen LogP contribution in [0.5, 0.6) is 0 Å². The third-order valence-corrected chi connectivity index (χ3v) is 2.66. The maximum atomic E-state index is 10.2. The molecule has 16 heavy (non-hydrogen) atoms. The highest BCUT2D eigenvalue weighted by molar-refractivity contribution is 5.21. The fourth-order valence-electron chi connectivity index (χ4n) is 1.65. The first-order valence-corrected chi connectivity index (χ1v) is 5.28. The molecule has 1 heterocycles. The summed E-state index contributed by atoms with van der Waals surface area (Å²) in [4.78, 5) is 8.21. The average Bonchev–Trinajstić information content (AvgIpc) is 2.39. The van der Waals surface area contributed by atoms with Gasteiger partial charge in [-0.3, -0.25) is 9.97 Å². The molecule has 1 aromatic carbocycles. The molecular formula is C13H14N2O. The molecule has 0 saturated carbocycles. The van der Waals surface area contributed by atoms with E-state index in [0.717, 1.165) is 11.3 Å². The molecule has 0 spiro atoms. The summed E-state index contributed by atoms with van der Waals surface area (Å²) in [6.45, 7) is 1.95. The summed E-state index contributed by atoms with van der Waals surface area (Å²) in [7, 11) is 0. The zero-order valence-electron chi connectivity index (χ0n) is 9.12. The molecular weight excluding hydrogens is 200 g/mol. The minimum absolute atomic E-state index is 0.0592. The molecule has 2 aromatic rings. The van der Waals surface area contributed by atoms with Crippen LogP contribution in [0.25, 0.3) is 0 Å². The van der Waals surface area contributed by atoms with Crippen molar-refractivity contribution in [3.05, 3.63) is 60.2 Å². The van der Waals surface area contributed by atoms with E-state index < -0.39 is 6.10 Å². The van der Waals surface area contributed by atoms with Crippen LogP contribution in [0.15, 0.2) is 48.9 Å². The second-order valence-corrected chi connectivity index (χ2v) is 3.77. The van der Waals surface area contributed by atoms with E-state index in [1.807, 2.05) is 37.3 Å². The highest BCUT2D eigenvalue weighted by Crippen LogP contribution is 2.28. The smallest absolute Gasteiger partial charge is 0.0871 e. The summed E-state index contributed by atoms with van der Waals surface area (Å²) in [5, 5.41) is 10.2. The molecule has 0 bridgehead atoms. The molecule has 0 radical (unpaired) electrons. The van der Waals surface area contributed by atoms with Crippen LogP contribution >= 0.6 is 0 Å². The van der Waals surface area contributed by atoms with E-state index in [1.54, 1.807) is 18.6 Å². The SMILES string of the molecule is CC(c1cnccn1)C(O)c1ccccc1. The monoisotopic (exact) mass is 214 g/mol. The minimum atomic E-state index is -0.544. The number of rotatable bonds is 3. The van der Waals surface area contributed by atoms with Gasteiger partial charge in [-0.05, 0) is 5.56 Å². The van der Waals surface area contributed by atoms with Crippen LogP contribution in [0, 0.1) is 0 Å². The molecule has 82 valence electrons. The number of hydrogen-bond donors (Lipinski definition) is 1. The van der Waals surface area contributed by atoms with Crippen LogP contribution in [0.3, 0.4) is 0 Å². The van der Waals surface area contributed by atoms with Crippen molar-refractivity contribution < 1.29 is 5.11 Å². The van der Waals surface area contributed by atoms with Gasteiger partial charge in [0.05, 0.1) is 11.8 Å². The Hall–Kier alpha value is -1.74. The van der Waals surface area contributed by atoms with E-state index in [-0.39, 0.29) is 5.92 Å². The maximum absolute atomic E-state index is 10.2. The normalized spacial score (nSPS) is 14.4. The number of hydrogen-bond acceptors (Lipinski definition) is 3. The van der Waals surface area contributed by atoms with Crippen molar-refractivity contribution in [2.75, 3.05) is 0 Å². The molecule has 3 nitrogen and oxygen atoms in total. The molecule has 2 rings (SSSR count). The van der Waals surface area contributed by atoms with E-state index in [0.29, 0.717) is 0 Å². The predicted molar refractivity (Wildman–Crippen MR) is 61.8 cm³/mol. The lowest BCUT2D eigenvalue weighted by Crippen LogP contribution is -2.09. The van der Waals surface area contributed by atoms with E-state index >= 15 is 0 Å². The lowest BCUT2D eigenvalue weighted by atomic mass is 9.95. The number of aromatic nitrogens is 2. The molecule has 0 aliphatic rings. The summed E-state index contributed by atoms with van der Waals surface area (Å²) in [6, 6.07) is 9.60. The highest BCUT2D eigenvalue weighted by Gasteiger charge is 2.18. The standard InChI is InChI=1S/C13H14N2O/c1-10(12-9-14-7-8-15-12)13(16)11-5-3-2-4-6-11/h2-10,13,16H,1H3. The van der Waals surface area contributed by atoms with Gasteiger partial charge in [0.15, 0.2) is 0 Å². The van der Waals surface area contributed by atoms with Crippen LogP contribution in [0.2, 0.25) is 0 Å². The lowest BCUT2D eigenvalue weighted by molar-refractivity contribution is 0.150. The molecule has 0 aliphatic heterocycles. The van der Waals surface area contributed by atoms with E-state index in [1.165, 1.54) is 0 Å². The van der Waals surface area contributed by atoms with Gasteiger partial charge < -0.3 is 5.11 Å². The fourth-order valence-corrected chi connectivity index (χ4v) is 1.65. The Morgan fingerprint density at radius 2 is 1.88 bits per heavy atom. The van der Waals surface area contributed by atoms with Gasteiger partial charge in [0.2, 0.25) is 0 Å². The van der Waals surface area contributed by atoms with Crippen molar-refractivity contribution in [1.82, 2.24) is 9.97 Å². The molecule has 1 aromatic heterocycles. The first kappa shape index (κ1) is 10.8. The van der Waals surface area contributed by atoms with Gasteiger partial charge in [-0.2, -0.15) is 0 Å². The summed E-state index contributed by atoms with van der Waals surface area (Å²) in [5.41, 5.74) is 1.71. The van der Waals surface area contributed by atoms with Gasteiger partial charge in [-0.25, -0.2) is 0 Å². The first-order chi connectivity index (χ1) is 7.79. The number of aliphatic hydroxyl groups is 1. The van der Waals surface area contributed by atoms with Gasteiger partial charge in [-0.1, -0.05) is 37.3 Å². The Kier molecular flexibility index (Phi) is 3.27. The third kappa shape index (κ3) is 2.25. The Bertz CT molecular complexity index is 387. The molecule has 0 saturated heterocycles. The zero-order chi connectivity index (χ0) is 11.4. The van der Waals surface area contributed by atoms with Crippen LogP contribution in [-0.2, 0) is 0 Å². The lowest BCUT2D eigenvalue weighted by Gasteiger charge is -2.18. The van der Waals surface area contributed by atoms with Gasteiger partial charge in [0, 0.05) is 24.5 Å². The van der Waals surface area contributed by atoms with Gasteiger partial charge in [0.25, 0.3) is 0 Å². The second kappa shape index (κ2) is 4.86. The highest BCUT2D eigenvalue weighted by atomic mass is 16.3. The maximum Gasteiger partial charge on any atom is 0.0871 e. The second-order valence-electron chi connectivity index (χ2n) is 3.77. The van der Waals surface area contributed by atoms with Crippen LogP contribution < -0.4 is 0 Å². The number of nitrogens with zero attached hydrogens (tertiary/aromatic N) is 2. The van der Waals surface area contributed by atoms with Gasteiger partial charge in [-0.15, -0.1) is 0 Å². The van der Waals surface area contributed by atoms with Crippen LogP contribution in [-0.4, -0.2) is 15.1 Å². The van der Waals surface area contributed by atoms with Crippen LogP contribution in [0.4, 0.5) is 0 Å². The summed E-state index contributed by atoms with van der Waals surface area (Å²) >= 11 is 0. The molecule has 2 atom stereocenters. The molecule has 0 aliphatic carbocycles. The Morgan fingerprint density at radius 3 is 2.50 bits per heavy atom. The molecule has 1 N–H and O–H groups in total.